The van der Waals surface area contributed by atoms with Crippen LogP contribution >= 0.6 is 24.0 Å². The fourth-order valence-corrected chi connectivity index (χ4v) is 3.63. The lowest BCUT2D eigenvalue weighted by Crippen LogP contribution is -2.54. The molecule has 0 bridgehead atoms. The topological polar surface area (TPSA) is 67.3 Å². The Balaban J connectivity index is 0.00000280. The molecule has 2 saturated heterocycles. The first kappa shape index (κ1) is 22.7. The van der Waals surface area contributed by atoms with Crippen LogP contribution < -0.4 is 10.2 Å². The van der Waals surface area contributed by atoms with Crippen molar-refractivity contribution in [2.24, 2.45) is 4.99 Å². The molecule has 1 amide bonds. The molecule has 0 saturated carbocycles. The summed E-state index contributed by atoms with van der Waals surface area (Å²) in [5.41, 5.74) is 0. The molecular weight excluding hydrogens is 469 g/mol. The summed E-state index contributed by atoms with van der Waals surface area (Å²) in [4.78, 5) is 29.3. The standard InChI is InChI=1S/C19H31N7O.HI/c1-17(27)24-11-9-23(10-12-24)8-7-22-19(20-2)26-15-13-25(14-16-26)18-5-3-4-6-21-18;/h3-6H,7-16H2,1-2H3,(H,20,22);1H. The summed E-state index contributed by atoms with van der Waals surface area (Å²) in [6, 6.07) is 6.05. The Hall–Kier alpha value is -1.62. The molecule has 3 rings (SSSR count). The average molecular weight is 501 g/mol. The van der Waals surface area contributed by atoms with Crippen molar-refractivity contribution >= 4 is 41.7 Å². The number of halogens is 1. The van der Waals surface area contributed by atoms with E-state index in [1.807, 2.05) is 30.3 Å². The zero-order valence-electron chi connectivity index (χ0n) is 16.9. The van der Waals surface area contributed by atoms with Gasteiger partial charge in [0.15, 0.2) is 5.96 Å². The highest BCUT2D eigenvalue weighted by Gasteiger charge is 2.21. The maximum absolute atomic E-state index is 11.4. The second-order valence-corrected chi connectivity index (χ2v) is 6.98. The van der Waals surface area contributed by atoms with Crippen LogP contribution in [0.1, 0.15) is 6.92 Å². The Bertz CT molecular complexity index is 626. The molecule has 0 atom stereocenters. The summed E-state index contributed by atoms with van der Waals surface area (Å²) in [5, 5.41) is 3.49. The minimum Gasteiger partial charge on any atom is -0.355 e. The molecule has 1 N–H and O–H groups in total. The molecule has 2 fully saturated rings. The van der Waals surface area contributed by atoms with E-state index < -0.39 is 0 Å². The molecular formula is C19H32IN7O. The predicted octanol–water partition coefficient (Wildman–Crippen LogP) is 0.561. The van der Waals surface area contributed by atoms with Gasteiger partial charge in [-0.15, -0.1) is 24.0 Å². The lowest BCUT2D eigenvalue weighted by atomic mass is 10.3. The van der Waals surface area contributed by atoms with Crippen molar-refractivity contribution in [3.05, 3.63) is 24.4 Å². The average Bonchev–Trinajstić information content (AvgIpc) is 2.72. The van der Waals surface area contributed by atoms with Gasteiger partial charge in [0, 0.05) is 85.6 Å². The number of carbonyl (C=O) groups is 1. The zero-order valence-corrected chi connectivity index (χ0v) is 19.2. The highest BCUT2D eigenvalue weighted by atomic mass is 127. The van der Waals surface area contributed by atoms with Crippen LogP contribution in [0.4, 0.5) is 5.82 Å². The van der Waals surface area contributed by atoms with E-state index in [-0.39, 0.29) is 29.9 Å². The minimum atomic E-state index is 0. The molecule has 8 nitrogen and oxygen atoms in total. The number of hydrogen-bond acceptors (Lipinski definition) is 5. The molecule has 0 unspecified atom stereocenters. The molecule has 1 aromatic heterocycles. The Labute approximate surface area is 185 Å². The fraction of sp³-hybridized carbons (Fsp3) is 0.632. The quantitative estimate of drug-likeness (QED) is 0.370. The van der Waals surface area contributed by atoms with Gasteiger partial charge in [-0.05, 0) is 12.1 Å². The lowest BCUT2D eigenvalue weighted by molar-refractivity contribution is -0.130. The van der Waals surface area contributed by atoms with Crippen LogP contribution in [0, 0.1) is 0 Å². The molecule has 0 aliphatic carbocycles. The van der Waals surface area contributed by atoms with E-state index in [9.17, 15) is 4.79 Å². The van der Waals surface area contributed by atoms with Crippen LogP contribution in [0.15, 0.2) is 29.4 Å². The number of anilines is 1. The molecule has 2 aliphatic heterocycles. The number of pyridine rings is 1. The van der Waals surface area contributed by atoms with Gasteiger partial charge in [0.25, 0.3) is 0 Å². The molecule has 28 heavy (non-hydrogen) atoms. The zero-order chi connectivity index (χ0) is 19.1. The second kappa shape index (κ2) is 11.4. The number of aromatic nitrogens is 1. The van der Waals surface area contributed by atoms with Gasteiger partial charge in [-0.2, -0.15) is 0 Å². The molecule has 0 radical (unpaired) electrons. The fourth-order valence-electron chi connectivity index (χ4n) is 3.63. The number of piperazine rings is 2. The maximum atomic E-state index is 11.4. The normalized spacial score (nSPS) is 18.6. The monoisotopic (exact) mass is 501 g/mol. The van der Waals surface area contributed by atoms with E-state index in [1.165, 1.54) is 0 Å². The van der Waals surface area contributed by atoms with E-state index in [4.69, 9.17) is 0 Å². The van der Waals surface area contributed by atoms with Crippen molar-refractivity contribution < 1.29 is 4.79 Å². The first-order valence-electron chi connectivity index (χ1n) is 9.77. The largest absolute Gasteiger partial charge is 0.355 e. The predicted molar refractivity (Wildman–Crippen MR) is 123 cm³/mol. The Kier molecular flexibility index (Phi) is 9.23. The molecule has 2 aliphatic rings. The van der Waals surface area contributed by atoms with Crippen LogP contribution in [0.5, 0.6) is 0 Å². The highest BCUT2D eigenvalue weighted by Crippen LogP contribution is 2.12. The van der Waals surface area contributed by atoms with Gasteiger partial charge < -0.3 is 20.0 Å². The Morgan fingerprint density at radius 2 is 1.75 bits per heavy atom. The third-order valence-corrected chi connectivity index (χ3v) is 5.29. The number of guanidine groups is 1. The van der Waals surface area contributed by atoms with E-state index in [1.54, 1.807) is 6.92 Å². The van der Waals surface area contributed by atoms with Crippen molar-refractivity contribution in [2.75, 3.05) is 77.4 Å². The van der Waals surface area contributed by atoms with Crippen LogP contribution in [-0.4, -0.2) is 104 Å². The number of rotatable bonds is 4. The van der Waals surface area contributed by atoms with Crippen LogP contribution in [-0.2, 0) is 4.79 Å². The van der Waals surface area contributed by atoms with Crippen molar-refractivity contribution in [3.63, 3.8) is 0 Å². The van der Waals surface area contributed by atoms with Crippen LogP contribution in [0.3, 0.4) is 0 Å². The summed E-state index contributed by atoms with van der Waals surface area (Å²) in [6.45, 7) is 10.8. The third-order valence-electron chi connectivity index (χ3n) is 5.29. The SMILES string of the molecule is CN=C(NCCN1CCN(C(C)=O)CC1)N1CCN(c2ccccn2)CC1.I. The van der Waals surface area contributed by atoms with Crippen molar-refractivity contribution in [2.45, 2.75) is 6.92 Å². The van der Waals surface area contributed by atoms with E-state index in [2.05, 4.69) is 36.1 Å². The molecule has 1 aromatic rings. The number of hydrogen-bond donors (Lipinski definition) is 1. The molecule has 156 valence electrons. The first-order chi connectivity index (χ1) is 13.2. The first-order valence-corrected chi connectivity index (χ1v) is 9.77. The van der Waals surface area contributed by atoms with E-state index in [0.29, 0.717) is 0 Å². The van der Waals surface area contributed by atoms with Crippen LogP contribution in [0.25, 0.3) is 0 Å². The maximum Gasteiger partial charge on any atom is 0.219 e. The van der Waals surface area contributed by atoms with E-state index >= 15 is 0 Å². The Morgan fingerprint density at radius 3 is 2.32 bits per heavy atom. The summed E-state index contributed by atoms with van der Waals surface area (Å²) in [5.74, 6) is 2.20. The van der Waals surface area contributed by atoms with Crippen molar-refractivity contribution in [3.8, 4) is 0 Å². The van der Waals surface area contributed by atoms with E-state index in [0.717, 1.165) is 77.2 Å². The number of amides is 1. The third kappa shape index (κ3) is 6.20. The highest BCUT2D eigenvalue weighted by molar-refractivity contribution is 14.0. The van der Waals surface area contributed by atoms with Crippen LogP contribution in [0.2, 0.25) is 0 Å². The van der Waals surface area contributed by atoms with Gasteiger partial charge in [-0.3, -0.25) is 14.7 Å². The number of carbonyl (C=O) groups excluding carboxylic acids is 1. The molecule has 0 spiro atoms. The van der Waals surface area contributed by atoms with Gasteiger partial charge in [0.2, 0.25) is 5.91 Å². The van der Waals surface area contributed by atoms with Gasteiger partial charge in [0.05, 0.1) is 0 Å². The summed E-state index contributed by atoms with van der Waals surface area (Å²) >= 11 is 0. The summed E-state index contributed by atoms with van der Waals surface area (Å²) < 4.78 is 0. The smallest absolute Gasteiger partial charge is 0.219 e. The Morgan fingerprint density at radius 1 is 1.07 bits per heavy atom. The van der Waals surface area contributed by atoms with Gasteiger partial charge in [-0.1, -0.05) is 6.07 Å². The second-order valence-electron chi connectivity index (χ2n) is 6.98. The number of aliphatic imine (C=N–C) groups is 1. The summed E-state index contributed by atoms with van der Waals surface area (Å²) in [6.07, 6.45) is 1.85. The van der Waals surface area contributed by atoms with Gasteiger partial charge in [0.1, 0.15) is 5.82 Å². The lowest BCUT2D eigenvalue weighted by Gasteiger charge is -2.37. The van der Waals surface area contributed by atoms with Gasteiger partial charge in [-0.25, -0.2) is 4.98 Å². The van der Waals surface area contributed by atoms with Gasteiger partial charge >= 0.3 is 0 Å². The minimum absolute atomic E-state index is 0. The number of nitrogens with zero attached hydrogens (tertiary/aromatic N) is 6. The summed E-state index contributed by atoms with van der Waals surface area (Å²) in [7, 11) is 1.85. The molecule has 3 heterocycles. The van der Waals surface area contributed by atoms with Crippen molar-refractivity contribution in [1.82, 2.24) is 25.0 Å². The molecule has 0 aromatic carbocycles. The number of nitrogens with one attached hydrogen (secondary N) is 1. The van der Waals surface area contributed by atoms with Crippen molar-refractivity contribution in [1.29, 1.82) is 0 Å². The molecule has 9 heteroatoms.